The summed E-state index contributed by atoms with van der Waals surface area (Å²) in [6, 6.07) is 5.95. The number of benzene rings is 1. The minimum atomic E-state index is 0.107. The summed E-state index contributed by atoms with van der Waals surface area (Å²) in [7, 11) is 1.87. The van der Waals surface area contributed by atoms with Gasteiger partial charge in [0.15, 0.2) is 0 Å². The fourth-order valence-electron chi connectivity index (χ4n) is 1.10. The predicted molar refractivity (Wildman–Crippen MR) is 46.6 cm³/mol. The lowest BCUT2D eigenvalue weighted by Gasteiger charge is -2.04. The molecule has 0 aliphatic rings. The quantitative estimate of drug-likeness (QED) is 0.671. The van der Waals surface area contributed by atoms with Crippen molar-refractivity contribution in [2.75, 3.05) is 12.4 Å². The Kier molecular flexibility index (Phi) is 2.49. The number of anilines is 1. The molecule has 1 aromatic carbocycles. The number of aliphatic hydroxyl groups excluding tert-OH is 1. The maximum absolute atomic E-state index is 8.85. The lowest BCUT2D eigenvalue weighted by atomic mass is 10.1. The molecule has 0 radical (unpaired) electrons. The molecule has 60 valence electrons. The lowest BCUT2D eigenvalue weighted by Crippen LogP contribution is -1.91. The van der Waals surface area contributed by atoms with Crippen molar-refractivity contribution in [3.8, 4) is 0 Å². The van der Waals surface area contributed by atoms with E-state index in [1.165, 1.54) is 5.56 Å². The van der Waals surface area contributed by atoms with Crippen LogP contribution in [0.1, 0.15) is 11.1 Å². The molecule has 0 spiro atoms. The fourth-order valence-corrected chi connectivity index (χ4v) is 1.10. The molecule has 2 N–H and O–H groups in total. The topological polar surface area (TPSA) is 32.3 Å². The van der Waals surface area contributed by atoms with Crippen molar-refractivity contribution in [2.24, 2.45) is 0 Å². The second kappa shape index (κ2) is 3.39. The molecule has 2 heteroatoms. The molecule has 2 nitrogen and oxygen atoms in total. The van der Waals surface area contributed by atoms with Gasteiger partial charge in [0.1, 0.15) is 0 Å². The van der Waals surface area contributed by atoms with Crippen molar-refractivity contribution in [1.82, 2.24) is 0 Å². The van der Waals surface area contributed by atoms with Crippen LogP contribution in [-0.2, 0) is 6.61 Å². The van der Waals surface area contributed by atoms with Crippen LogP contribution in [0, 0.1) is 6.92 Å². The summed E-state index contributed by atoms with van der Waals surface area (Å²) < 4.78 is 0. The molecule has 0 aliphatic carbocycles. The van der Waals surface area contributed by atoms with E-state index in [2.05, 4.69) is 5.32 Å². The molecule has 0 aromatic heterocycles. The zero-order valence-electron chi connectivity index (χ0n) is 6.89. The molecule has 0 saturated heterocycles. The van der Waals surface area contributed by atoms with Gasteiger partial charge in [-0.1, -0.05) is 6.07 Å². The van der Waals surface area contributed by atoms with Crippen molar-refractivity contribution in [1.29, 1.82) is 0 Å². The van der Waals surface area contributed by atoms with Crippen LogP contribution in [0.3, 0.4) is 0 Å². The standard InChI is InChI=1S/C9H13NO/c1-7-3-8(6-11)5-9(4-7)10-2/h3-5,10-11H,6H2,1-2H3. The van der Waals surface area contributed by atoms with Gasteiger partial charge in [-0.2, -0.15) is 0 Å². The Morgan fingerprint density at radius 1 is 1.36 bits per heavy atom. The predicted octanol–water partition coefficient (Wildman–Crippen LogP) is 1.53. The summed E-state index contributed by atoms with van der Waals surface area (Å²) in [4.78, 5) is 0. The van der Waals surface area contributed by atoms with Crippen LogP contribution in [-0.4, -0.2) is 12.2 Å². The first-order valence-electron chi connectivity index (χ1n) is 3.65. The van der Waals surface area contributed by atoms with E-state index >= 15 is 0 Å². The van der Waals surface area contributed by atoms with Crippen molar-refractivity contribution >= 4 is 5.69 Å². The monoisotopic (exact) mass is 151 g/mol. The summed E-state index contributed by atoms with van der Waals surface area (Å²) in [6.45, 7) is 2.12. The van der Waals surface area contributed by atoms with E-state index in [9.17, 15) is 0 Å². The van der Waals surface area contributed by atoms with Crippen molar-refractivity contribution in [3.63, 3.8) is 0 Å². The first-order valence-corrected chi connectivity index (χ1v) is 3.65. The van der Waals surface area contributed by atoms with Crippen molar-refractivity contribution in [3.05, 3.63) is 29.3 Å². The second-order valence-corrected chi connectivity index (χ2v) is 2.62. The molecule has 0 bridgehead atoms. The van der Waals surface area contributed by atoms with Gasteiger partial charge in [-0.15, -0.1) is 0 Å². The average molecular weight is 151 g/mol. The Morgan fingerprint density at radius 3 is 2.64 bits per heavy atom. The molecule has 0 aliphatic heterocycles. The van der Waals surface area contributed by atoms with E-state index in [0.29, 0.717) is 0 Å². The molecule has 0 heterocycles. The van der Waals surface area contributed by atoms with Gasteiger partial charge in [0.2, 0.25) is 0 Å². The largest absolute Gasteiger partial charge is 0.392 e. The number of rotatable bonds is 2. The minimum absolute atomic E-state index is 0.107. The smallest absolute Gasteiger partial charge is 0.0682 e. The lowest BCUT2D eigenvalue weighted by molar-refractivity contribution is 0.282. The van der Waals surface area contributed by atoms with Crippen molar-refractivity contribution < 1.29 is 5.11 Å². The summed E-state index contributed by atoms with van der Waals surface area (Å²) >= 11 is 0. The van der Waals surface area contributed by atoms with E-state index in [0.717, 1.165) is 11.3 Å². The van der Waals surface area contributed by atoms with E-state index in [1.807, 2.05) is 32.2 Å². The van der Waals surface area contributed by atoms with Gasteiger partial charge in [0.05, 0.1) is 6.61 Å². The third kappa shape index (κ3) is 1.95. The SMILES string of the molecule is CNc1cc(C)cc(CO)c1. The Hall–Kier alpha value is -1.02. The highest BCUT2D eigenvalue weighted by atomic mass is 16.3. The molecule has 0 unspecified atom stereocenters. The number of hydrogen-bond acceptors (Lipinski definition) is 2. The van der Waals surface area contributed by atoms with Crippen LogP contribution in [0.15, 0.2) is 18.2 Å². The molecule has 0 fully saturated rings. The Labute approximate surface area is 66.9 Å². The molecule has 1 aromatic rings. The normalized spacial score (nSPS) is 9.73. The highest BCUT2D eigenvalue weighted by molar-refractivity contribution is 5.47. The third-order valence-corrected chi connectivity index (χ3v) is 1.61. The molecule has 0 atom stereocenters. The van der Waals surface area contributed by atoms with Gasteiger partial charge in [-0.25, -0.2) is 0 Å². The summed E-state index contributed by atoms with van der Waals surface area (Å²) in [5.74, 6) is 0. The summed E-state index contributed by atoms with van der Waals surface area (Å²) in [5.41, 5.74) is 3.17. The zero-order chi connectivity index (χ0) is 8.27. The molecule has 0 amide bonds. The van der Waals surface area contributed by atoms with E-state index in [1.54, 1.807) is 0 Å². The van der Waals surface area contributed by atoms with Crippen LogP contribution in [0.2, 0.25) is 0 Å². The third-order valence-electron chi connectivity index (χ3n) is 1.61. The van der Waals surface area contributed by atoms with Gasteiger partial charge in [-0.3, -0.25) is 0 Å². The molecule has 11 heavy (non-hydrogen) atoms. The zero-order valence-corrected chi connectivity index (χ0v) is 6.89. The van der Waals surface area contributed by atoms with Gasteiger partial charge in [0, 0.05) is 12.7 Å². The molecule has 1 rings (SSSR count). The minimum Gasteiger partial charge on any atom is -0.392 e. The molecular weight excluding hydrogens is 138 g/mol. The Bertz CT molecular complexity index is 223. The highest BCUT2D eigenvalue weighted by Gasteiger charge is 1.94. The second-order valence-electron chi connectivity index (χ2n) is 2.62. The van der Waals surface area contributed by atoms with Gasteiger partial charge >= 0.3 is 0 Å². The van der Waals surface area contributed by atoms with Crippen LogP contribution < -0.4 is 5.32 Å². The Morgan fingerprint density at radius 2 is 2.09 bits per heavy atom. The van der Waals surface area contributed by atoms with Crippen LogP contribution in [0.25, 0.3) is 0 Å². The average Bonchev–Trinajstić information content (AvgIpc) is 2.03. The fraction of sp³-hybridized carbons (Fsp3) is 0.333. The van der Waals surface area contributed by atoms with Crippen LogP contribution in [0.4, 0.5) is 5.69 Å². The van der Waals surface area contributed by atoms with Crippen molar-refractivity contribution in [2.45, 2.75) is 13.5 Å². The van der Waals surface area contributed by atoms with E-state index in [4.69, 9.17) is 5.11 Å². The van der Waals surface area contributed by atoms with Gasteiger partial charge in [-0.05, 0) is 30.2 Å². The van der Waals surface area contributed by atoms with Crippen LogP contribution in [0.5, 0.6) is 0 Å². The maximum atomic E-state index is 8.85. The van der Waals surface area contributed by atoms with Gasteiger partial charge < -0.3 is 10.4 Å². The number of aryl methyl sites for hydroxylation is 1. The first kappa shape index (κ1) is 8.08. The number of aliphatic hydroxyl groups is 1. The molecule has 0 saturated carbocycles. The Balaban J connectivity index is 3.02. The van der Waals surface area contributed by atoms with E-state index < -0.39 is 0 Å². The van der Waals surface area contributed by atoms with Crippen LogP contribution >= 0.6 is 0 Å². The first-order chi connectivity index (χ1) is 5.26. The number of nitrogens with one attached hydrogen (secondary N) is 1. The summed E-state index contributed by atoms with van der Waals surface area (Å²) in [6.07, 6.45) is 0. The highest BCUT2D eigenvalue weighted by Crippen LogP contribution is 2.13. The molecular formula is C9H13NO. The van der Waals surface area contributed by atoms with Gasteiger partial charge in [0.25, 0.3) is 0 Å². The maximum Gasteiger partial charge on any atom is 0.0682 e. The summed E-state index contributed by atoms with van der Waals surface area (Å²) in [5, 5.41) is 11.9. The number of hydrogen-bond donors (Lipinski definition) is 2. The van der Waals surface area contributed by atoms with E-state index in [-0.39, 0.29) is 6.61 Å².